The predicted octanol–water partition coefficient (Wildman–Crippen LogP) is 2.55. The first kappa shape index (κ1) is 13.7. The normalized spacial score (nSPS) is 11.3. The molecule has 0 bridgehead atoms. The first-order valence-corrected chi connectivity index (χ1v) is 6.20. The maximum atomic E-state index is 5.91. The first-order chi connectivity index (χ1) is 7.82. The molecule has 0 atom stereocenters. The largest absolute Gasteiger partial charge is 0.383 e. The molecule has 0 spiro atoms. The molecule has 4 nitrogen and oxygen atoms in total. The highest BCUT2D eigenvalue weighted by atomic mass is 15.2. The van der Waals surface area contributed by atoms with Crippen LogP contribution in [0.4, 0.5) is 11.6 Å². The van der Waals surface area contributed by atoms with Crippen LogP contribution in [0.1, 0.15) is 39.1 Å². The lowest BCUT2D eigenvalue weighted by molar-refractivity contribution is 0.564. The lowest BCUT2D eigenvalue weighted by Crippen LogP contribution is -2.35. The Morgan fingerprint density at radius 1 is 1.12 bits per heavy atom. The lowest BCUT2D eigenvalue weighted by Gasteiger charge is -2.31. The van der Waals surface area contributed by atoms with Crippen molar-refractivity contribution in [3.8, 4) is 0 Å². The number of aryl methyl sites for hydroxylation is 1. The molecule has 96 valence electrons. The third-order valence-electron chi connectivity index (χ3n) is 2.73. The van der Waals surface area contributed by atoms with Crippen LogP contribution in [0.25, 0.3) is 0 Å². The van der Waals surface area contributed by atoms with E-state index < -0.39 is 0 Å². The maximum absolute atomic E-state index is 5.91. The fourth-order valence-corrected chi connectivity index (χ4v) is 1.85. The van der Waals surface area contributed by atoms with Gasteiger partial charge in [0.1, 0.15) is 17.5 Å². The number of nitrogens with two attached hydrogens (primary N) is 1. The molecule has 0 radical (unpaired) electrons. The van der Waals surface area contributed by atoms with E-state index in [2.05, 4.69) is 42.6 Å². The molecule has 0 fully saturated rings. The number of anilines is 2. The Hall–Kier alpha value is -1.32. The summed E-state index contributed by atoms with van der Waals surface area (Å²) in [6.45, 7) is 13.6. The van der Waals surface area contributed by atoms with Gasteiger partial charge in [0.25, 0.3) is 0 Å². The van der Waals surface area contributed by atoms with Gasteiger partial charge in [-0.1, -0.05) is 13.8 Å². The van der Waals surface area contributed by atoms with Crippen molar-refractivity contribution in [3.05, 3.63) is 11.4 Å². The van der Waals surface area contributed by atoms with Gasteiger partial charge < -0.3 is 10.6 Å². The topological polar surface area (TPSA) is 55.0 Å². The van der Waals surface area contributed by atoms with Gasteiger partial charge in [-0.3, -0.25) is 0 Å². The molecular weight excluding hydrogens is 212 g/mol. The van der Waals surface area contributed by atoms with Gasteiger partial charge in [0, 0.05) is 18.2 Å². The van der Waals surface area contributed by atoms with Crippen molar-refractivity contribution in [2.24, 2.45) is 5.92 Å². The Bertz CT molecular complexity index is 385. The van der Waals surface area contributed by atoms with Gasteiger partial charge in [-0.25, -0.2) is 9.97 Å². The van der Waals surface area contributed by atoms with E-state index in [9.17, 15) is 0 Å². The number of hydrogen-bond acceptors (Lipinski definition) is 4. The van der Waals surface area contributed by atoms with Crippen LogP contribution in [0.2, 0.25) is 0 Å². The minimum absolute atomic E-state index is 0.407. The average Bonchev–Trinajstić information content (AvgIpc) is 2.19. The number of hydrogen-bond donors (Lipinski definition) is 1. The summed E-state index contributed by atoms with van der Waals surface area (Å²) < 4.78 is 0. The Morgan fingerprint density at radius 3 is 2.18 bits per heavy atom. The van der Waals surface area contributed by atoms with Gasteiger partial charge in [-0.2, -0.15) is 0 Å². The fourth-order valence-electron chi connectivity index (χ4n) is 1.85. The van der Waals surface area contributed by atoms with Crippen LogP contribution >= 0.6 is 0 Å². The maximum Gasteiger partial charge on any atom is 0.137 e. The Kier molecular flexibility index (Phi) is 4.32. The minimum Gasteiger partial charge on any atom is -0.383 e. The molecule has 1 aromatic rings. The molecule has 1 heterocycles. The summed E-state index contributed by atoms with van der Waals surface area (Å²) in [5.74, 6) is 2.88. The quantitative estimate of drug-likeness (QED) is 0.873. The van der Waals surface area contributed by atoms with E-state index in [-0.39, 0.29) is 0 Å². The predicted molar refractivity (Wildman–Crippen MR) is 73.2 cm³/mol. The molecule has 0 saturated heterocycles. The highest BCUT2D eigenvalue weighted by molar-refractivity contribution is 5.56. The van der Waals surface area contributed by atoms with E-state index in [1.165, 1.54) is 0 Å². The molecular formula is C13H24N4. The second kappa shape index (κ2) is 5.34. The van der Waals surface area contributed by atoms with Crippen molar-refractivity contribution < 1.29 is 0 Å². The molecule has 0 saturated carbocycles. The van der Waals surface area contributed by atoms with Gasteiger partial charge in [0.2, 0.25) is 0 Å². The zero-order valence-electron chi connectivity index (χ0n) is 11.8. The van der Waals surface area contributed by atoms with Crippen molar-refractivity contribution in [1.29, 1.82) is 0 Å². The van der Waals surface area contributed by atoms with Gasteiger partial charge in [-0.15, -0.1) is 0 Å². The molecule has 4 heteroatoms. The zero-order chi connectivity index (χ0) is 13.2. The van der Waals surface area contributed by atoms with Gasteiger partial charge in [0.05, 0.1) is 0 Å². The van der Waals surface area contributed by atoms with Crippen molar-refractivity contribution >= 4 is 11.6 Å². The summed E-state index contributed by atoms with van der Waals surface area (Å²) in [7, 11) is 0. The van der Waals surface area contributed by atoms with E-state index in [0.717, 1.165) is 23.8 Å². The number of nitrogens with zero attached hydrogens (tertiary/aromatic N) is 3. The number of nitrogen functional groups attached to an aromatic ring is 1. The van der Waals surface area contributed by atoms with Gasteiger partial charge >= 0.3 is 0 Å². The van der Waals surface area contributed by atoms with E-state index in [1.807, 2.05) is 13.8 Å². The monoisotopic (exact) mass is 236 g/mol. The summed E-state index contributed by atoms with van der Waals surface area (Å²) in [5.41, 5.74) is 6.89. The molecule has 17 heavy (non-hydrogen) atoms. The molecule has 0 unspecified atom stereocenters. The summed E-state index contributed by atoms with van der Waals surface area (Å²) in [6, 6.07) is 0.407. The van der Waals surface area contributed by atoms with Crippen LogP contribution in [0.15, 0.2) is 0 Å². The summed E-state index contributed by atoms with van der Waals surface area (Å²) in [6.07, 6.45) is 0. The zero-order valence-corrected chi connectivity index (χ0v) is 11.8. The molecule has 0 amide bonds. The van der Waals surface area contributed by atoms with Crippen molar-refractivity contribution in [2.45, 2.75) is 47.6 Å². The summed E-state index contributed by atoms with van der Waals surface area (Å²) in [4.78, 5) is 11.0. The van der Waals surface area contributed by atoms with E-state index in [1.54, 1.807) is 0 Å². The molecule has 0 aliphatic carbocycles. The Labute approximate surface area is 104 Å². The summed E-state index contributed by atoms with van der Waals surface area (Å²) >= 11 is 0. The molecule has 1 aromatic heterocycles. The smallest absolute Gasteiger partial charge is 0.137 e. The van der Waals surface area contributed by atoms with Gasteiger partial charge in [-0.05, 0) is 33.6 Å². The third kappa shape index (κ3) is 3.32. The van der Waals surface area contributed by atoms with E-state index >= 15 is 0 Å². The molecule has 1 rings (SSSR count). The van der Waals surface area contributed by atoms with Crippen molar-refractivity contribution in [1.82, 2.24) is 9.97 Å². The second-order valence-electron chi connectivity index (χ2n) is 5.24. The van der Waals surface area contributed by atoms with Crippen LogP contribution in [0.3, 0.4) is 0 Å². The van der Waals surface area contributed by atoms with Crippen LogP contribution in [0.5, 0.6) is 0 Å². The molecule has 0 aromatic carbocycles. The van der Waals surface area contributed by atoms with Crippen LogP contribution < -0.4 is 10.6 Å². The SMILES string of the molecule is Cc1nc(N)c(C)c(N(CC(C)C)C(C)C)n1. The van der Waals surface area contributed by atoms with Crippen molar-refractivity contribution in [3.63, 3.8) is 0 Å². The third-order valence-corrected chi connectivity index (χ3v) is 2.73. The Morgan fingerprint density at radius 2 is 1.71 bits per heavy atom. The lowest BCUT2D eigenvalue weighted by atomic mass is 10.1. The van der Waals surface area contributed by atoms with Gasteiger partial charge in [0.15, 0.2) is 0 Å². The standard InChI is InChI=1S/C13H24N4/c1-8(2)7-17(9(3)4)13-10(5)12(14)15-11(6)16-13/h8-9H,7H2,1-6H3,(H2,14,15,16). The number of rotatable bonds is 4. The summed E-state index contributed by atoms with van der Waals surface area (Å²) in [5, 5.41) is 0. The highest BCUT2D eigenvalue weighted by Crippen LogP contribution is 2.24. The van der Waals surface area contributed by atoms with E-state index in [0.29, 0.717) is 17.8 Å². The average molecular weight is 236 g/mol. The highest BCUT2D eigenvalue weighted by Gasteiger charge is 2.18. The molecule has 2 N–H and O–H groups in total. The minimum atomic E-state index is 0.407. The second-order valence-corrected chi connectivity index (χ2v) is 5.24. The fraction of sp³-hybridized carbons (Fsp3) is 0.692. The first-order valence-electron chi connectivity index (χ1n) is 6.20. The van der Waals surface area contributed by atoms with E-state index in [4.69, 9.17) is 5.73 Å². The van der Waals surface area contributed by atoms with Crippen LogP contribution in [-0.2, 0) is 0 Å². The van der Waals surface area contributed by atoms with Crippen LogP contribution in [0, 0.1) is 19.8 Å². The van der Waals surface area contributed by atoms with Crippen LogP contribution in [-0.4, -0.2) is 22.6 Å². The van der Waals surface area contributed by atoms with Crippen molar-refractivity contribution in [2.75, 3.05) is 17.2 Å². The number of aromatic nitrogens is 2. The Balaban J connectivity index is 3.18. The molecule has 0 aliphatic heterocycles. The molecule has 0 aliphatic rings.